The maximum absolute atomic E-state index is 12.3. The summed E-state index contributed by atoms with van der Waals surface area (Å²) in [6.07, 6.45) is 0.260. The molecule has 1 fully saturated rings. The minimum absolute atomic E-state index is 0.116. The van der Waals surface area contributed by atoms with Crippen molar-refractivity contribution in [2.45, 2.75) is 26.7 Å². The SMILES string of the molecule is CCOc1ccc(NC(=O)COC(=O)c2ccc(N3NC(=O)CCC3=O)cc2)cc1OCC. The van der Waals surface area contributed by atoms with Crippen LogP contribution in [0.3, 0.4) is 0 Å². The minimum atomic E-state index is -0.701. The van der Waals surface area contributed by atoms with Crippen LogP contribution >= 0.6 is 0 Å². The molecule has 0 spiro atoms. The zero-order chi connectivity index (χ0) is 23.8. The van der Waals surface area contributed by atoms with Gasteiger partial charge in [0.05, 0.1) is 24.5 Å². The van der Waals surface area contributed by atoms with E-state index in [1.807, 2.05) is 13.8 Å². The number of esters is 1. The lowest BCUT2D eigenvalue weighted by Gasteiger charge is -2.27. The van der Waals surface area contributed by atoms with E-state index in [1.165, 1.54) is 24.3 Å². The van der Waals surface area contributed by atoms with Crippen LogP contribution in [0.2, 0.25) is 0 Å². The number of amides is 3. The topological polar surface area (TPSA) is 123 Å². The highest BCUT2D eigenvalue weighted by Gasteiger charge is 2.24. The number of nitrogens with one attached hydrogen (secondary N) is 2. The fraction of sp³-hybridized carbons (Fsp3) is 0.304. The van der Waals surface area contributed by atoms with Crippen LogP contribution in [-0.4, -0.2) is 43.5 Å². The second-order valence-corrected chi connectivity index (χ2v) is 6.96. The van der Waals surface area contributed by atoms with Crippen molar-refractivity contribution in [3.05, 3.63) is 48.0 Å². The minimum Gasteiger partial charge on any atom is -0.490 e. The molecule has 10 nitrogen and oxygen atoms in total. The van der Waals surface area contributed by atoms with Gasteiger partial charge in [-0.25, -0.2) is 9.80 Å². The summed E-state index contributed by atoms with van der Waals surface area (Å²) < 4.78 is 16.1. The molecule has 0 radical (unpaired) electrons. The molecule has 1 heterocycles. The zero-order valence-electron chi connectivity index (χ0n) is 18.4. The van der Waals surface area contributed by atoms with Gasteiger partial charge >= 0.3 is 5.97 Å². The van der Waals surface area contributed by atoms with Gasteiger partial charge in [-0.05, 0) is 50.2 Å². The van der Waals surface area contributed by atoms with Crippen LogP contribution in [0.1, 0.15) is 37.0 Å². The Hall–Kier alpha value is -4.08. The normalized spacial score (nSPS) is 13.2. The third-order valence-corrected chi connectivity index (χ3v) is 4.57. The first-order valence-electron chi connectivity index (χ1n) is 10.5. The van der Waals surface area contributed by atoms with E-state index in [9.17, 15) is 19.2 Å². The number of ether oxygens (including phenoxy) is 3. The predicted octanol–water partition coefficient (Wildman–Crippen LogP) is 2.44. The highest BCUT2D eigenvalue weighted by atomic mass is 16.5. The molecular formula is C23H25N3O7. The van der Waals surface area contributed by atoms with Crippen molar-refractivity contribution in [2.24, 2.45) is 0 Å². The Morgan fingerprint density at radius 1 is 0.970 bits per heavy atom. The molecular weight excluding hydrogens is 430 g/mol. The molecule has 0 saturated carbocycles. The molecule has 1 aliphatic rings. The van der Waals surface area contributed by atoms with Crippen molar-refractivity contribution >= 4 is 35.1 Å². The van der Waals surface area contributed by atoms with E-state index in [0.717, 1.165) is 5.01 Å². The number of carbonyl (C=O) groups is 4. The summed E-state index contributed by atoms with van der Waals surface area (Å²) in [5.74, 6) is -0.662. The first kappa shape index (κ1) is 23.6. The van der Waals surface area contributed by atoms with E-state index in [-0.39, 0.29) is 30.2 Å². The smallest absolute Gasteiger partial charge is 0.338 e. The second kappa shape index (κ2) is 11.0. The van der Waals surface area contributed by atoms with Gasteiger partial charge in [0.15, 0.2) is 18.1 Å². The maximum atomic E-state index is 12.3. The quantitative estimate of drug-likeness (QED) is 0.557. The molecule has 33 heavy (non-hydrogen) atoms. The largest absolute Gasteiger partial charge is 0.490 e. The summed E-state index contributed by atoms with van der Waals surface area (Å²) in [5, 5.41) is 3.78. The van der Waals surface area contributed by atoms with Gasteiger partial charge in [-0.2, -0.15) is 0 Å². The summed E-state index contributed by atoms with van der Waals surface area (Å²) >= 11 is 0. The number of benzene rings is 2. The Balaban J connectivity index is 1.55. The van der Waals surface area contributed by atoms with Crippen molar-refractivity contribution in [3.63, 3.8) is 0 Å². The fourth-order valence-electron chi connectivity index (χ4n) is 3.07. The number of hydrazine groups is 1. The fourth-order valence-corrected chi connectivity index (χ4v) is 3.07. The van der Waals surface area contributed by atoms with Gasteiger partial charge in [-0.3, -0.25) is 19.8 Å². The van der Waals surface area contributed by atoms with Crippen LogP contribution in [0.4, 0.5) is 11.4 Å². The number of hydrogen-bond donors (Lipinski definition) is 2. The number of hydrogen-bond acceptors (Lipinski definition) is 7. The summed E-state index contributed by atoms with van der Waals surface area (Å²) in [6.45, 7) is 4.13. The third kappa shape index (κ3) is 6.22. The Morgan fingerprint density at radius 3 is 2.36 bits per heavy atom. The van der Waals surface area contributed by atoms with Crippen molar-refractivity contribution in [1.82, 2.24) is 5.43 Å². The summed E-state index contributed by atoms with van der Waals surface area (Å²) in [6, 6.07) is 10.9. The molecule has 2 aromatic rings. The molecule has 0 unspecified atom stereocenters. The average Bonchev–Trinajstić information content (AvgIpc) is 2.81. The van der Waals surface area contributed by atoms with Gasteiger partial charge < -0.3 is 19.5 Å². The number of carbonyl (C=O) groups excluding carboxylic acids is 4. The van der Waals surface area contributed by atoms with E-state index >= 15 is 0 Å². The van der Waals surface area contributed by atoms with Crippen LogP contribution in [0, 0.1) is 0 Å². The lowest BCUT2D eigenvalue weighted by atomic mass is 10.2. The highest BCUT2D eigenvalue weighted by molar-refractivity contribution is 6.01. The average molecular weight is 455 g/mol. The first-order valence-corrected chi connectivity index (χ1v) is 10.5. The second-order valence-electron chi connectivity index (χ2n) is 6.96. The summed E-state index contributed by atoms with van der Waals surface area (Å²) in [5.41, 5.74) is 3.56. The molecule has 1 saturated heterocycles. The van der Waals surface area contributed by atoms with Gasteiger partial charge in [-0.15, -0.1) is 0 Å². The van der Waals surface area contributed by atoms with Crippen LogP contribution in [0.5, 0.6) is 11.5 Å². The van der Waals surface area contributed by atoms with Gasteiger partial charge in [-0.1, -0.05) is 0 Å². The van der Waals surface area contributed by atoms with Gasteiger partial charge in [0.25, 0.3) is 5.91 Å². The monoisotopic (exact) mass is 455 g/mol. The standard InChI is InChI=1S/C23H25N3O7/c1-3-31-18-10-7-16(13-19(18)32-4-2)24-21(28)14-33-23(30)15-5-8-17(9-6-15)26-22(29)12-11-20(27)25-26/h5-10,13H,3-4,11-12,14H2,1-2H3,(H,24,28)(H,25,27). The van der Waals surface area contributed by atoms with Crippen molar-refractivity contribution < 1.29 is 33.4 Å². The zero-order valence-corrected chi connectivity index (χ0v) is 18.4. The molecule has 2 aromatic carbocycles. The molecule has 0 aromatic heterocycles. The van der Waals surface area contributed by atoms with Crippen LogP contribution in [0.25, 0.3) is 0 Å². The Labute approximate surface area is 190 Å². The maximum Gasteiger partial charge on any atom is 0.338 e. The Kier molecular flexibility index (Phi) is 7.85. The highest BCUT2D eigenvalue weighted by Crippen LogP contribution is 2.30. The molecule has 0 atom stereocenters. The molecule has 0 bridgehead atoms. The molecule has 3 rings (SSSR count). The summed E-state index contributed by atoms with van der Waals surface area (Å²) in [7, 11) is 0. The molecule has 2 N–H and O–H groups in total. The Bertz CT molecular complexity index is 1040. The number of rotatable bonds is 9. The first-order chi connectivity index (χ1) is 15.9. The van der Waals surface area contributed by atoms with Crippen LogP contribution in [0.15, 0.2) is 42.5 Å². The van der Waals surface area contributed by atoms with Crippen molar-refractivity contribution in [1.29, 1.82) is 0 Å². The molecule has 1 aliphatic heterocycles. The van der Waals surface area contributed by atoms with E-state index in [4.69, 9.17) is 14.2 Å². The Morgan fingerprint density at radius 2 is 1.67 bits per heavy atom. The van der Waals surface area contributed by atoms with Crippen molar-refractivity contribution in [3.8, 4) is 11.5 Å². The van der Waals surface area contributed by atoms with Crippen molar-refractivity contribution in [2.75, 3.05) is 30.1 Å². The molecule has 174 valence electrons. The van der Waals surface area contributed by atoms with E-state index in [0.29, 0.717) is 36.1 Å². The van der Waals surface area contributed by atoms with Crippen LogP contribution in [-0.2, 0) is 19.1 Å². The molecule has 0 aliphatic carbocycles. The lowest BCUT2D eigenvalue weighted by Crippen LogP contribution is -2.50. The summed E-state index contributed by atoms with van der Waals surface area (Å²) in [4.78, 5) is 48.0. The third-order valence-electron chi connectivity index (χ3n) is 4.57. The van der Waals surface area contributed by atoms with Gasteiger partial charge in [0.2, 0.25) is 11.8 Å². The lowest BCUT2D eigenvalue weighted by molar-refractivity contribution is -0.130. The van der Waals surface area contributed by atoms with E-state index in [1.54, 1.807) is 18.2 Å². The number of anilines is 2. The van der Waals surface area contributed by atoms with Gasteiger partial charge in [0.1, 0.15) is 0 Å². The van der Waals surface area contributed by atoms with E-state index in [2.05, 4.69) is 10.7 Å². The molecule has 3 amide bonds. The van der Waals surface area contributed by atoms with Crippen LogP contribution < -0.4 is 25.2 Å². The number of nitrogens with zero attached hydrogens (tertiary/aromatic N) is 1. The predicted molar refractivity (Wildman–Crippen MR) is 119 cm³/mol. The molecule has 10 heteroatoms. The van der Waals surface area contributed by atoms with E-state index < -0.39 is 18.5 Å². The van der Waals surface area contributed by atoms with Gasteiger partial charge in [0, 0.05) is 24.6 Å².